The SMILES string of the molecule is CCC(NC1CCN(C)CC1C)c1ccc(Cl)c(Cl)c1. The van der Waals surface area contributed by atoms with Gasteiger partial charge < -0.3 is 10.2 Å². The van der Waals surface area contributed by atoms with Gasteiger partial charge in [-0.1, -0.05) is 43.1 Å². The van der Waals surface area contributed by atoms with Gasteiger partial charge in [-0.05, 0) is 50.0 Å². The zero-order chi connectivity index (χ0) is 14.7. The number of rotatable bonds is 4. The van der Waals surface area contributed by atoms with Crippen molar-refractivity contribution in [1.29, 1.82) is 0 Å². The summed E-state index contributed by atoms with van der Waals surface area (Å²) in [6.07, 6.45) is 2.26. The van der Waals surface area contributed by atoms with Crippen molar-refractivity contribution in [1.82, 2.24) is 10.2 Å². The van der Waals surface area contributed by atoms with Gasteiger partial charge in [0, 0.05) is 18.6 Å². The molecular weight excluding hydrogens is 291 g/mol. The summed E-state index contributed by atoms with van der Waals surface area (Å²) in [4.78, 5) is 2.41. The van der Waals surface area contributed by atoms with Crippen LogP contribution in [0.25, 0.3) is 0 Å². The van der Waals surface area contributed by atoms with E-state index in [1.807, 2.05) is 12.1 Å². The standard InChI is InChI=1S/C16H24Cl2N2/c1-4-15(12-5-6-13(17)14(18)9-12)19-16-7-8-20(3)10-11(16)2/h5-6,9,11,15-16,19H,4,7-8,10H2,1-3H3. The Morgan fingerprint density at radius 2 is 2.10 bits per heavy atom. The lowest BCUT2D eigenvalue weighted by molar-refractivity contribution is 0.165. The van der Waals surface area contributed by atoms with Crippen molar-refractivity contribution < 1.29 is 0 Å². The fourth-order valence-corrected chi connectivity index (χ4v) is 3.35. The van der Waals surface area contributed by atoms with Crippen molar-refractivity contribution in [3.8, 4) is 0 Å². The first-order chi connectivity index (χ1) is 9.51. The van der Waals surface area contributed by atoms with E-state index in [4.69, 9.17) is 23.2 Å². The highest BCUT2D eigenvalue weighted by Crippen LogP contribution is 2.28. The Kier molecular flexibility index (Phi) is 5.74. The fourth-order valence-electron chi connectivity index (χ4n) is 3.04. The molecule has 1 heterocycles. The zero-order valence-electron chi connectivity index (χ0n) is 12.5. The highest BCUT2D eigenvalue weighted by atomic mass is 35.5. The van der Waals surface area contributed by atoms with Crippen molar-refractivity contribution in [3.63, 3.8) is 0 Å². The lowest BCUT2D eigenvalue weighted by Crippen LogP contribution is -2.47. The molecule has 0 radical (unpaired) electrons. The fraction of sp³-hybridized carbons (Fsp3) is 0.625. The van der Waals surface area contributed by atoms with Gasteiger partial charge in [-0.3, -0.25) is 0 Å². The third kappa shape index (κ3) is 3.88. The van der Waals surface area contributed by atoms with Crippen molar-refractivity contribution >= 4 is 23.2 Å². The third-order valence-electron chi connectivity index (χ3n) is 4.28. The molecule has 3 atom stereocenters. The molecule has 0 amide bonds. The van der Waals surface area contributed by atoms with Crippen LogP contribution in [0.1, 0.15) is 38.3 Å². The molecule has 2 nitrogen and oxygen atoms in total. The van der Waals surface area contributed by atoms with E-state index < -0.39 is 0 Å². The molecule has 0 aromatic heterocycles. The molecule has 2 rings (SSSR count). The molecule has 3 unspecified atom stereocenters. The number of hydrogen-bond donors (Lipinski definition) is 1. The van der Waals surface area contributed by atoms with Gasteiger partial charge in [-0.2, -0.15) is 0 Å². The first-order valence-electron chi connectivity index (χ1n) is 7.40. The molecule has 4 heteroatoms. The van der Waals surface area contributed by atoms with Gasteiger partial charge in [0.1, 0.15) is 0 Å². The maximum Gasteiger partial charge on any atom is 0.0595 e. The Bertz CT molecular complexity index is 450. The van der Waals surface area contributed by atoms with E-state index in [-0.39, 0.29) is 0 Å². The summed E-state index contributed by atoms with van der Waals surface area (Å²) in [7, 11) is 2.20. The van der Waals surface area contributed by atoms with Crippen molar-refractivity contribution in [2.24, 2.45) is 5.92 Å². The molecule has 1 aliphatic heterocycles. The normalized spacial score (nSPS) is 25.6. The van der Waals surface area contributed by atoms with E-state index >= 15 is 0 Å². The van der Waals surface area contributed by atoms with E-state index in [1.165, 1.54) is 18.5 Å². The Hall–Kier alpha value is -0.280. The molecule has 20 heavy (non-hydrogen) atoms. The van der Waals surface area contributed by atoms with Crippen LogP contribution in [0.4, 0.5) is 0 Å². The summed E-state index contributed by atoms with van der Waals surface area (Å²) < 4.78 is 0. The number of halogens is 2. The maximum absolute atomic E-state index is 6.14. The molecule has 1 aliphatic rings. The quantitative estimate of drug-likeness (QED) is 0.887. The average molecular weight is 315 g/mol. The molecular formula is C16H24Cl2N2. The predicted octanol–water partition coefficient (Wildman–Crippen LogP) is 4.37. The van der Waals surface area contributed by atoms with E-state index in [0.717, 1.165) is 13.0 Å². The molecule has 0 bridgehead atoms. The minimum Gasteiger partial charge on any atom is -0.307 e. The van der Waals surface area contributed by atoms with Gasteiger partial charge in [0.2, 0.25) is 0 Å². The molecule has 0 spiro atoms. The Morgan fingerprint density at radius 1 is 1.35 bits per heavy atom. The third-order valence-corrected chi connectivity index (χ3v) is 5.02. The van der Waals surface area contributed by atoms with Crippen LogP contribution in [0, 0.1) is 5.92 Å². The van der Waals surface area contributed by atoms with Crippen LogP contribution in [0.2, 0.25) is 10.0 Å². The summed E-state index contributed by atoms with van der Waals surface area (Å²) in [6.45, 7) is 6.87. The lowest BCUT2D eigenvalue weighted by Gasteiger charge is -2.37. The number of likely N-dealkylation sites (tertiary alicyclic amines) is 1. The highest BCUT2D eigenvalue weighted by Gasteiger charge is 2.26. The second-order valence-electron chi connectivity index (χ2n) is 5.94. The predicted molar refractivity (Wildman–Crippen MR) is 87.7 cm³/mol. The second kappa shape index (κ2) is 7.13. The minimum atomic E-state index is 0.348. The number of nitrogens with zero attached hydrogens (tertiary/aromatic N) is 1. The zero-order valence-corrected chi connectivity index (χ0v) is 14.0. The van der Waals surface area contributed by atoms with E-state index in [9.17, 15) is 0 Å². The molecule has 1 fully saturated rings. The summed E-state index contributed by atoms with van der Waals surface area (Å²) >= 11 is 12.1. The van der Waals surface area contributed by atoms with Crippen LogP contribution >= 0.6 is 23.2 Å². The van der Waals surface area contributed by atoms with Gasteiger partial charge in [-0.25, -0.2) is 0 Å². The molecule has 0 saturated carbocycles. The minimum absolute atomic E-state index is 0.348. The maximum atomic E-state index is 6.14. The smallest absolute Gasteiger partial charge is 0.0595 e. The molecule has 0 aliphatic carbocycles. The molecule has 1 N–H and O–H groups in total. The molecule has 1 saturated heterocycles. The summed E-state index contributed by atoms with van der Waals surface area (Å²) in [5.41, 5.74) is 1.23. The van der Waals surface area contributed by atoms with E-state index in [2.05, 4.69) is 37.2 Å². The van der Waals surface area contributed by atoms with E-state index in [0.29, 0.717) is 28.0 Å². The topological polar surface area (TPSA) is 15.3 Å². The number of piperidine rings is 1. The first kappa shape index (κ1) is 16.1. The largest absolute Gasteiger partial charge is 0.307 e. The Morgan fingerprint density at radius 3 is 2.70 bits per heavy atom. The number of nitrogens with one attached hydrogen (secondary N) is 1. The summed E-state index contributed by atoms with van der Waals surface area (Å²) in [5, 5.41) is 5.07. The van der Waals surface area contributed by atoms with Crippen LogP contribution in [0.5, 0.6) is 0 Å². The van der Waals surface area contributed by atoms with Gasteiger partial charge >= 0.3 is 0 Å². The number of benzene rings is 1. The van der Waals surface area contributed by atoms with Crippen LogP contribution in [-0.2, 0) is 0 Å². The molecule has 1 aromatic rings. The summed E-state index contributed by atoms with van der Waals surface area (Å²) in [5.74, 6) is 0.672. The average Bonchev–Trinajstić information content (AvgIpc) is 2.41. The Balaban J connectivity index is 2.06. The van der Waals surface area contributed by atoms with Crippen molar-refractivity contribution in [3.05, 3.63) is 33.8 Å². The Labute approximate surface area is 132 Å². The van der Waals surface area contributed by atoms with Crippen LogP contribution in [0.3, 0.4) is 0 Å². The summed E-state index contributed by atoms with van der Waals surface area (Å²) in [6, 6.07) is 6.88. The molecule has 1 aromatic carbocycles. The van der Waals surface area contributed by atoms with Crippen LogP contribution < -0.4 is 5.32 Å². The van der Waals surface area contributed by atoms with Crippen molar-refractivity contribution in [2.45, 2.75) is 38.8 Å². The van der Waals surface area contributed by atoms with Gasteiger partial charge in [0.05, 0.1) is 10.0 Å². The van der Waals surface area contributed by atoms with Crippen LogP contribution in [0.15, 0.2) is 18.2 Å². The van der Waals surface area contributed by atoms with Gasteiger partial charge in [-0.15, -0.1) is 0 Å². The monoisotopic (exact) mass is 314 g/mol. The lowest BCUT2D eigenvalue weighted by atomic mass is 9.92. The molecule has 112 valence electrons. The second-order valence-corrected chi connectivity index (χ2v) is 6.75. The van der Waals surface area contributed by atoms with Crippen molar-refractivity contribution in [2.75, 3.05) is 20.1 Å². The van der Waals surface area contributed by atoms with Crippen LogP contribution in [-0.4, -0.2) is 31.1 Å². The number of hydrogen-bond acceptors (Lipinski definition) is 2. The van der Waals surface area contributed by atoms with Gasteiger partial charge in [0.25, 0.3) is 0 Å². The highest BCUT2D eigenvalue weighted by molar-refractivity contribution is 6.42. The van der Waals surface area contributed by atoms with E-state index in [1.54, 1.807) is 0 Å². The first-order valence-corrected chi connectivity index (χ1v) is 8.16. The van der Waals surface area contributed by atoms with Gasteiger partial charge in [0.15, 0.2) is 0 Å².